The molecule has 0 aliphatic carbocycles. The Kier molecular flexibility index (Phi) is 5.86. The SMILES string of the molecule is COC[C@@]12CCN(C(=O)Cn3ccnc3)C[C@@H]1CN(c1ccc(C#N)c(C(F)(F)F)c1)C2. The number of nitriles is 1. The highest BCUT2D eigenvalue weighted by molar-refractivity contribution is 5.76. The summed E-state index contributed by atoms with van der Waals surface area (Å²) in [5.41, 5.74) is -1.13. The second-order valence-electron chi connectivity index (χ2n) is 8.54. The fourth-order valence-electron chi connectivity index (χ4n) is 4.93. The summed E-state index contributed by atoms with van der Waals surface area (Å²) in [5, 5.41) is 9.07. The summed E-state index contributed by atoms with van der Waals surface area (Å²) >= 11 is 0. The van der Waals surface area contributed by atoms with Gasteiger partial charge in [-0.1, -0.05) is 0 Å². The molecule has 0 spiro atoms. The molecule has 1 amide bonds. The lowest BCUT2D eigenvalue weighted by atomic mass is 9.73. The predicted octanol–water partition coefficient (Wildman–Crippen LogP) is 2.78. The first-order valence-electron chi connectivity index (χ1n) is 10.3. The molecule has 2 aliphatic rings. The van der Waals surface area contributed by atoms with Gasteiger partial charge in [-0.2, -0.15) is 18.4 Å². The first-order chi connectivity index (χ1) is 15.3. The lowest BCUT2D eigenvalue weighted by Gasteiger charge is -2.43. The van der Waals surface area contributed by atoms with E-state index < -0.39 is 11.7 Å². The molecule has 10 heteroatoms. The summed E-state index contributed by atoms with van der Waals surface area (Å²) < 4.78 is 47.6. The zero-order chi connectivity index (χ0) is 22.9. The van der Waals surface area contributed by atoms with E-state index in [0.29, 0.717) is 44.9 Å². The van der Waals surface area contributed by atoms with E-state index in [0.717, 1.165) is 6.07 Å². The number of piperidine rings is 1. The summed E-state index contributed by atoms with van der Waals surface area (Å²) in [6.07, 6.45) is 1.05. The first kappa shape index (κ1) is 22.1. The van der Waals surface area contributed by atoms with Crippen LogP contribution in [0.1, 0.15) is 17.5 Å². The Hall–Kier alpha value is -3.06. The summed E-state index contributed by atoms with van der Waals surface area (Å²) in [4.78, 5) is 20.5. The van der Waals surface area contributed by atoms with Gasteiger partial charge in [0.15, 0.2) is 0 Å². The number of hydrogen-bond donors (Lipinski definition) is 0. The number of benzene rings is 1. The molecular weight excluding hydrogens is 423 g/mol. The summed E-state index contributed by atoms with van der Waals surface area (Å²) in [7, 11) is 1.62. The number of ether oxygens (including phenoxy) is 1. The van der Waals surface area contributed by atoms with Crippen molar-refractivity contribution in [3.05, 3.63) is 48.0 Å². The van der Waals surface area contributed by atoms with E-state index in [1.807, 2.05) is 9.80 Å². The molecule has 2 aliphatic heterocycles. The number of aromatic nitrogens is 2. The number of likely N-dealkylation sites (tertiary alicyclic amines) is 1. The Morgan fingerprint density at radius 3 is 2.84 bits per heavy atom. The number of carbonyl (C=O) groups is 1. The van der Waals surface area contributed by atoms with Crippen molar-refractivity contribution in [3.63, 3.8) is 0 Å². The van der Waals surface area contributed by atoms with Crippen LogP contribution in [0.5, 0.6) is 0 Å². The molecule has 7 nitrogen and oxygen atoms in total. The maximum atomic E-state index is 13.4. The van der Waals surface area contributed by atoms with Gasteiger partial charge in [0.25, 0.3) is 0 Å². The topological polar surface area (TPSA) is 74.4 Å². The van der Waals surface area contributed by atoms with E-state index in [-0.39, 0.29) is 29.3 Å². The molecule has 0 radical (unpaired) electrons. The molecular formula is C22H24F3N5O2. The maximum absolute atomic E-state index is 13.4. The monoisotopic (exact) mass is 447 g/mol. The Morgan fingerprint density at radius 2 is 2.19 bits per heavy atom. The zero-order valence-corrected chi connectivity index (χ0v) is 17.7. The Labute approximate surface area is 184 Å². The third-order valence-electron chi connectivity index (χ3n) is 6.59. The number of alkyl halides is 3. The summed E-state index contributed by atoms with van der Waals surface area (Å²) in [6, 6.07) is 5.47. The number of carbonyl (C=O) groups excluding carboxylic acids is 1. The number of imidazole rings is 1. The number of nitrogens with zero attached hydrogens (tertiary/aromatic N) is 5. The van der Waals surface area contributed by atoms with Crippen LogP contribution in [0.25, 0.3) is 0 Å². The zero-order valence-electron chi connectivity index (χ0n) is 17.7. The lowest BCUT2D eigenvalue weighted by molar-refractivity contribution is -0.138. The van der Waals surface area contributed by atoms with Crippen LogP contribution >= 0.6 is 0 Å². The number of anilines is 1. The van der Waals surface area contributed by atoms with E-state index in [9.17, 15) is 18.0 Å². The van der Waals surface area contributed by atoms with E-state index >= 15 is 0 Å². The van der Waals surface area contributed by atoms with Gasteiger partial charge in [-0.05, 0) is 24.6 Å². The molecule has 0 bridgehead atoms. The van der Waals surface area contributed by atoms with Crippen LogP contribution in [0.4, 0.5) is 18.9 Å². The van der Waals surface area contributed by atoms with Crippen LogP contribution in [0, 0.1) is 22.7 Å². The average molecular weight is 447 g/mol. The van der Waals surface area contributed by atoms with E-state index in [1.165, 1.54) is 6.07 Å². The minimum Gasteiger partial charge on any atom is -0.384 e. The van der Waals surface area contributed by atoms with Crippen molar-refractivity contribution in [2.45, 2.75) is 19.1 Å². The average Bonchev–Trinajstić information content (AvgIpc) is 3.40. The van der Waals surface area contributed by atoms with Crippen LogP contribution in [0.2, 0.25) is 0 Å². The molecule has 0 N–H and O–H groups in total. The second kappa shape index (κ2) is 8.47. The molecule has 1 aromatic carbocycles. The molecule has 4 rings (SSSR count). The number of fused-ring (bicyclic) bond motifs is 1. The first-order valence-corrected chi connectivity index (χ1v) is 10.3. The van der Waals surface area contributed by atoms with Gasteiger partial charge in [0.05, 0.1) is 30.1 Å². The molecule has 2 atom stereocenters. The van der Waals surface area contributed by atoms with Crippen molar-refractivity contribution in [3.8, 4) is 6.07 Å². The summed E-state index contributed by atoms with van der Waals surface area (Å²) in [6.45, 7) is 2.83. The lowest BCUT2D eigenvalue weighted by Crippen LogP contribution is -2.51. The highest BCUT2D eigenvalue weighted by Crippen LogP contribution is 2.45. The Morgan fingerprint density at radius 1 is 1.38 bits per heavy atom. The van der Waals surface area contributed by atoms with Crippen molar-refractivity contribution < 1.29 is 22.7 Å². The second-order valence-corrected chi connectivity index (χ2v) is 8.54. The smallest absolute Gasteiger partial charge is 0.384 e. The van der Waals surface area contributed by atoms with Crippen LogP contribution < -0.4 is 4.90 Å². The van der Waals surface area contributed by atoms with Crippen LogP contribution in [-0.2, 0) is 22.3 Å². The minimum absolute atomic E-state index is 0.00908. The molecule has 32 heavy (non-hydrogen) atoms. The van der Waals surface area contributed by atoms with Crippen molar-refractivity contribution in [2.24, 2.45) is 11.3 Å². The molecule has 0 unspecified atom stereocenters. The van der Waals surface area contributed by atoms with Crippen molar-refractivity contribution in [1.29, 1.82) is 5.26 Å². The van der Waals surface area contributed by atoms with Gasteiger partial charge in [0, 0.05) is 62.7 Å². The van der Waals surface area contributed by atoms with Crippen LogP contribution in [-0.4, -0.2) is 60.3 Å². The quantitative estimate of drug-likeness (QED) is 0.705. The molecule has 3 heterocycles. The van der Waals surface area contributed by atoms with E-state index in [1.54, 1.807) is 42.5 Å². The maximum Gasteiger partial charge on any atom is 0.417 e. The Balaban J connectivity index is 1.55. The van der Waals surface area contributed by atoms with Gasteiger partial charge in [-0.25, -0.2) is 4.98 Å². The molecule has 170 valence electrons. The van der Waals surface area contributed by atoms with Gasteiger partial charge in [-0.15, -0.1) is 0 Å². The molecule has 0 saturated carbocycles. The predicted molar refractivity (Wildman–Crippen MR) is 110 cm³/mol. The molecule has 2 aromatic rings. The molecule has 1 aromatic heterocycles. The summed E-state index contributed by atoms with van der Waals surface area (Å²) in [5.74, 6) is 0.0538. The molecule has 2 saturated heterocycles. The molecule has 2 fully saturated rings. The number of methoxy groups -OCH3 is 1. The van der Waals surface area contributed by atoms with Gasteiger partial charge in [0.1, 0.15) is 6.54 Å². The van der Waals surface area contributed by atoms with Crippen molar-refractivity contribution >= 4 is 11.6 Å². The van der Waals surface area contributed by atoms with Gasteiger partial charge in [-0.3, -0.25) is 4.79 Å². The highest BCUT2D eigenvalue weighted by Gasteiger charge is 2.50. The van der Waals surface area contributed by atoms with Gasteiger partial charge in [0.2, 0.25) is 5.91 Å². The number of hydrogen-bond acceptors (Lipinski definition) is 5. The Bertz CT molecular complexity index is 1020. The van der Waals surface area contributed by atoms with E-state index in [2.05, 4.69) is 4.98 Å². The van der Waals surface area contributed by atoms with Crippen LogP contribution in [0.3, 0.4) is 0 Å². The highest BCUT2D eigenvalue weighted by atomic mass is 19.4. The number of amides is 1. The number of rotatable bonds is 5. The van der Waals surface area contributed by atoms with E-state index in [4.69, 9.17) is 10.00 Å². The normalized spacial score (nSPS) is 23.2. The van der Waals surface area contributed by atoms with Crippen molar-refractivity contribution in [1.82, 2.24) is 14.5 Å². The van der Waals surface area contributed by atoms with Gasteiger partial charge < -0.3 is 19.1 Å². The van der Waals surface area contributed by atoms with Gasteiger partial charge >= 0.3 is 6.18 Å². The third kappa shape index (κ3) is 4.17. The fourth-order valence-corrected chi connectivity index (χ4v) is 4.93. The largest absolute Gasteiger partial charge is 0.417 e. The minimum atomic E-state index is -4.60. The fraction of sp³-hybridized carbons (Fsp3) is 0.500. The van der Waals surface area contributed by atoms with Crippen molar-refractivity contribution in [2.75, 3.05) is 44.8 Å². The standard InChI is InChI=1S/C22H24F3N5O2/c1-32-14-21-4-6-29(20(31)12-28-7-5-27-15-28)10-17(21)11-30(13-21)18-3-2-16(9-26)19(8-18)22(23,24)25/h2-3,5,7-8,15,17H,4,6,10-14H2,1H3/t17-,21+/m1/s1. The third-order valence-corrected chi connectivity index (χ3v) is 6.59. The van der Waals surface area contributed by atoms with Crippen LogP contribution in [0.15, 0.2) is 36.9 Å². The number of halogens is 3.